The molecule has 0 radical (unpaired) electrons. The molecule has 2 aromatic rings. The normalized spacial score (nSPS) is 21.4. The lowest BCUT2D eigenvalue weighted by Crippen LogP contribution is -2.46. The number of piperidine rings is 1. The van der Waals surface area contributed by atoms with Gasteiger partial charge in [0.15, 0.2) is 0 Å². The van der Waals surface area contributed by atoms with Crippen molar-refractivity contribution in [2.24, 2.45) is 5.92 Å². The first-order valence-electron chi connectivity index (χ1n) is 12.1. The molecule has 5 nitrogen and oxygen atoms in total. The Bertz CT molecular complexity index is 765. The van der Waals surface area contributed by atoms with Gasteiger partial charge in [-0.25, -0.2) is 0 Å². The van der Waals surface area contributed by atoms with E-state index in [0.717, 1.165) is 38.1 Å². The van der Waals surface area contributed by atoms with Crippen LogP contribution in [-0.2, 0) is 19.6 Å². The van der Waals surface area contributed by atoms with Crippen LogP contribution in [0.4, 0.5) is 0 Å². The quantitative estimate of drug-likeness (QED) is 0.636. The molecule has 4 rings (SSSR count). The van der Waals surface area contributed by atoms with Crippen molar-refractivity contribution in [1.82, 2.24) is 24.6 Å². The third kappa shape index (κ3) is 5.70. The van der Waals surface area contributed by atoms with Gasteiger partial charge in [-0.1, -0.05) is 25.3 Å². The Morgan fingerprint density at radius 3 is 2.70 bits per heavy atom. The van der Waals surface area contributed by atoms with Crippen molar-refractivity contribution in [3.63, 3.8) is 0 Å². The fourth-order valence-corrected chi connectivity index (χ4v) is 5.44. The van der Waals surface area contributed by atoms with Crippen molar-refractivity contribution in [1.29, 1.82) is 0 Å². The lowest BCUT2D eigenvalue weighted by Gasteiger charge is -2.41. The molecule has 5 heteroatoms. The highest BCUT2D eigenvalue weighted by molar-refractivity contribution is 5.16. The van der Waals surface area contributed by atoms with Crippen LogP contribution in [0.15, 0.2) is 30.7 Å². The largest absolute Gasteiger partial charge is 0.300 e. The van der Waals surface area contributed by atoms with Crippen LogP contribution in [0, 0.1) is 12.8 Å². The number of pyridine rings is 1. The molecule has 1 atom stereocenters. The summed E-state index contributed by atoms with van der Waals surface area (Å²) >= 11 is 0. The van der Waals surface area contributed by atoms with Crippen molar-refractivity contribution in [2.75, 3.05) is 19.6 Å². The van der Waals surface area contributed by atoms with Gasteiger partial charge in [0.05, 0.1) is 5.69 Å². The van der Waals surface area contributed by atoms with E-state index in [1.54, 1.807) is 0 Å². The van der Waals surface area contributed by atoms with Gasteiger partial charge in [0.1, 0.15) is 0 Å². The number of aromatic nitrogens is 3. The number of hydrogen-bond donors (Lipinski definition) is 0. The van der Waals surface area contributed by atoms with Gasteiger partial charge < -0.3 is 4.90 Å². The van der Waals surface area contributed by atoms with Gasteiger partial charge in [0, 0.05) is 62.9 Å². The topological polar surface area (TPSA) is 37.2 Å². The molecule has 1 aliphatic carbocycles. The second-order valence-electron chi connectivity index (χ2n) is 9.42. The van der Waals surface area contributed by atoms with Crippen LogP contribution in [0.2, 0.25) is 0 Å². The molecule has 2 aromatic heterocycles. The van der Waals surface area contributed by atoms with E-state index in [1.165, 1.54) is 74.9 Å². The SMILES string of the molecule is CCn1cc(CN(Cc2cccnc2)C[C@H]2CCCN(C3CCCCC3)C2)c(C)n1. The van der Waals surface area contributed by atoms with E-state index in [4.69, 9.17) is 0 Å². The minimum absolute atomic E-state index is 0.763. The molecule has 0 N–H and O–H groups in total. The molecule has 2 fully saturated rings. The van der Waals surface area contributed by atoms with Gasteiger partial charge in [0.25, 0.3) is 0 Å². The zero-order valence-corrected chi connectivity index (χ0v) is 19.0. The predicted molar refractivity (Wildman–Crippen MR) is 122 cm³/mol. The standard InChI is InChI=1S/C25H39N5/c1-3-30-20-24(21(2)27-30)19-28(16-22-9-7-13-26-15-22)17-23-10-8-14-29(18-23)25-11-5-4-6-12-25/h7,9,13,15,20,23,25H,3-6,8,10-12,14,16-19H2,1-2H3/t23-/m1/s1. The molecule has 1 saturated carbocycles. The first kappa shape index (κ1) is 21.5. The molecule has 1 saturated heterocycles. The summed E-state index contributed by atoms with van der Waals surface area (Å²) in [4.78, 5) is 9.81. The van der Waals surface area contributed by atoms with E-state index >= 15 is 0 Å². The average Bonchev–Trinajstić information content (AvgIpc) is 3.14. The Hall–Kier alpha value is -1.72. The Balaban J connectivity index is 1.43. The predicted octanol–water partition coefficient (Wildman–Crippen LogP) is 4.65. The zero-order chi connectivity index (χ0) is 20.8. The summed E-state index contributed by atoms with van der Waals surface area (Å²) in [5.74, 6) is 0.763. The highest BCUT2D eigenvalue weighted by Gasteiger charge is 2.28. The Kier molecular flexibility index (Phi) is 7.56. The third-order valence-electron chi connectivity index (χ3n) is 7.05. The minimum atomic E-state index is 0.763. The van der Waals surface area contributed by atoms with Gasteiger partial charge in [-0.15, -0.1) is 0 Å². The molecular weight excluding hydrogens is 370 g/mol. The molecule has 0 aromatic carbocycles. The summed E-state index contributed by atoms with van der Waals surface area (Å²) in [6.07, 6.45) is 16.0. The molecule has 0 amide bonds. The maximum atomic E-state index is 4.68. The number of aryl methyl sites for hydroxylation is 2. The maximum Gasteiger partial charge on any atom is 0.0638 e. The highest BCUT2D eigenvalue weighted by Crippen LogP contribution is 2.28. The smallest absolute Gasteiger partial charge is 0.0638 e. The van der Waals surface area contributed by atoms with Crippen molar-refractivity contribution in [3.8, 4) is 0 Å². The molecule has 0 bridgehead atoms. The van der Waals surface area contributed by atoms with Crippen molar-refractivity contribution < 1.29 is 0 Å². The van der Waals surface area contributed by atoms with E-state index in [0.29, 0.717) is 0 Å². The van der Waals surface area contributed by atoms with Gasteiger partial charge in [-0.05, 0) is 63.6 Å². The second-order valence-corrected chi connectivity index (χ2v) is 9.42. The van der Waals surface area contributed by atoms with Gasteiger partial charge in [-0.3, -0.25) is 14.6 Å². The van der Waals surface area contributed by atoms with Gasteiger partial charge in [0.2, 0.25) is 0 Å². The van der Waals surface area contributed by atoms with Crippen molar-refractivity contribution >= 4 is 0 Å². The van der Waals surface area contributed by atoms with Gasteiger partial charge >= 0.3 is 0 Å². The minimum Gasteiger partial charge on any atom is -0.300 e. The van der Waals surface area contributed by atoms with Crippen LogP contribution in [0.25, 0.3) is 0 Å². The fraction of sp³-hybridized carbons (Fsp3) is 0.680. The summed E-state index contributed by atoms with van der Waals surface area (Å²) in [6, 6.07) is 5.11. The molecule has 0 unspecified atom stereocenters. The number of rotatable bonds is 8. The third-order valence-corrected chi connectivity index (χ3v) is 7.05. The van der Waals surface area contributed by atoms with E-state index < -0.39 is 0 Å². The van der Waals surface area contributed by atoms with Crippen LogP contribution >= 0.6 is 0 Å². The second kappa shape index (κ2) is 10.5. The van der Waals surface area contributed by atoms with E-state index in [9.17, 15) is 0 Å². The molecule has 1 aliphatic heterocycles. The maximum absolute atomic E-state index is 4.68. The van der Waals surface area contributed by atoms with E-state index in [2.05, 4.69) is 56.7 Å². The number of hydrogen-bond acceptors (Lipinski definition) is 4. The number of nitrogens with zero attached hydrogens (tertiary/aromatic N) is 5. The average molecular weight is 410 g/mol. The monoisotopic (exact) mass is 409 g/mol. The molecule has 3 heterocycles. The van der Waals surface area contributed by atoms with Crippen LogP contribution in [0.5, 0.6) is 0 Å². The van der Waals surface area contributed by atoms with Crippen LogP contribution in [0.1, 0.15) is 68.7 Å². The Morgan fingerprint density at radius 2 is 1.97 bits per heavy atom. The van der Waals surface area contributed by atoms with Crippen LogP contribution < -0.4 is 0 Å². The lowest BCUT2D eigenvalue weighted by molar-refractivity contribution is 0.0771. The van der Waals surface area contributed by atoms with Crippen LogP contribution in [-0.4, -0.2) is 50.2 Å². The molecule has 30 heavy (non-hydrogen) atoms. The summed E-state index contributed by atoms with van der Waals surface area (Å²) in [5, 5.41) is 4.68. The summed E-state index contributed by atoms with van der Waals surface area (Å²) < 4.78 is 2.07. The zero-order valence-electron chi connectivity index (χ0n) is 19.0. The molecule has 164 valence electrons. The molecule has 2 aliphatic rings. The van der Waals surface area contributed by atoms with E-state index in [1.807, 2.05) is 12.4 Å². The fourth-order valence-electron chi connectivity index (χ4n) is 5.44. The first-order chi connectivity index (χ1) is 14.7. The first-order valence-corrected chi connectivity index (χ1v) is 12.1. The van der Waals surface area contributed by atoms with Crippen molar-refractivity contribution in [2.45, 2.75) is 84.5 Å². The summed E-state index contributed by atoms with van der Waals surface area (Å²) in [6.45, 7) is 10.9. The van der Waals surface area contributed by atoms with E-state index in [-0.39, 0.29) is 0 Å². The molecule has 0 spiro atoms. The summed E-state index contributed by atoms with van der Waals surface area (Å²) in [5.41, 5.74) is 3.83. The summed E-state index contributed by atoms with van der Waals surface area (Å²) in [7, 11) is 0. The Labute approximate surface area is 182 Å². The Morgan fingerprint density at radius 1 is 1.10 bits per heavy atom. The van der Waals surface area contributed by atoms with Gasteiger partial charge in [-0.2, -0.15) is 5.10 Å². The van der Waals surface area contributed by atoms with Crippen molar-refractivity contribution in [3.05, 3.63) is 47.5 Å². The van der Waals surface area contributed by atoms with Crippen LogP contribution in [0.3, 0.4) is 0 Å². The molecular formula is C25H39N5. The number of likely N-dealkylation sites (tertiary alicyclic amines) is 1. The lowest BCUT2D eigenvalue weighted by atomic mass is 9.90. The highest BCUT2D eigenvalue weighted by atomic mass is 15.3.